The van der Waals surface area contributed by atoms with Crippen LogP contribution in [0.25, 0.3) is 0 Å². The Bertz CT molecular complexity index is 1330. The van der Waals surface area contributed by atoms with E-state index in [2.05, 4.69) is 0 Å². The highest BCUT2D eigenvalue weighted by molar-refractivity contribution is 7.90. The van der Waals surface area contributed by atoms with E-state index in [1.54, 1.807) is 11.0 Å². The summed E-state index contributed by atoms with van der Waals surface area (Å²) in [5.41, 5.74) is 1.92. The zero-order chi connectivity index (χ0) is 25.9. The van der Waals surface area contributed by atoms with E-state index in [-0.39, 0.29) is 34.3 Å². The summed E-state index contributed by atoms with van der Waals surface area (Å²) in [5.74, 6) is -0.371. The fraction of sp³-hybridized carbons (Fsp3) is 0.480. The Hall–Kier alpha value is -2.48. The second-order valence-corrected chi connectivity index (χ2v) is 17.4. The molecular weight excluding hydrogens is 490 g/mol. The lowest BCUT2D eigenvalue weighted by molar-refractivity contribution is 0.0991. The van der Waals surface area contributed by atoms with Crippen molar-refractivity contribution in [3.05, 3.63) is 46.8 Å². The highest BCUT2D eigenvalue weighted by Crippen LogP contribution is 2.50. The van der Waals surface area contributed by atoms with Crippen LogP contribution in [0.3, 0.4) is 0 Å². The van der Waals surface area contributed by atoms with Gasteiger partial charge in [0.2, 0.25) is 0 Å². The lowest BCUT2D eigenvalue weighted by atomic mass is 10.0. The molecule has 1 aliphatic heterocycles. The molecule has 2 atom stereocenters. The number of nitriles is 1. The van der Waals surface area contributed by atoms with Crippen molar-refractivity contribution in [2.24, 2.45) is 0 Å². The van der Waals surface area contributed by atoms with Crippen LogP contribution in [0.1, 0.15) is 43.6 Å². The number of ether oxygens (including phenoxy) is 1. The van der Waals surface area contributed by atoms with Crippen molar-refractivity contribution < 1.29 is 26.4 Å². The smallest absolute Gasteiger partial charge is 0.193 e. The van der Waals surface area contributed by atoms with Gasteiger partial charge in [-0.3, -0.25) is 0 Å². The number of halogens is 2. The van der Waals surface area contributed by atoms with Crippen LogP contribution in [0.4, 0.5) is 20.2 Å². The van der Waals surface area contributed by atoms with Crippen molar-refractivity contribution in [1.82, 2.24) is 0 Å². The quantitative estimate of drug-likeness (QED) is 0.489. The lowest BCUT2D eigenvalue weighted by Crippen LogP contribution is -2.43. The number of benzene rings is 2. The van der Waals surface area contributed by atoms with Gasteiger partial charge in [0.05, 0.1) is 17.0 Å². The van der Waals surface area contributed by atoms with Gasteiger partial charge in [-0.05, 0) is 41.9 Å². The minimum absolute atomic E-state index is 0.0247. The molecule has 0 bridgehead atoms. The highest BCUT2D eigenvalue weighted by atomic mass is 32.2. The Morgan fingerprint density at radius 1 is 1.26 bits per heavy atom. The summed E-state index contributed by atoms with van der Waals surface area (Å²) < 4.78 is 67.3. The standard InChI is InChI=1S/C25H30F2N2O4SSi/c1-25(2,3)35(5,6)33-24-18(27)13-17-19(7-8-21(22(17)24)34(4,30)31)29-9-10-32-20-12-16(26)11-15(14-28)23(20)29/h7-8,11-12,18,24H,9-10,13H2,1-6H3/t18-,24-/m1/s1. The van der Waals surface area contributed by atoms with Crippen LogP contribution in [0, 0.1) is 17.1 Å². The van der Waals surface area contributed by atoms with Crippen molar-refractivity contribution in [2.45, 2.75) is 62.5 Å². The third-order valence-corrected chi connectivity index (χ3v) is 12.8. The van der Waals surface area contributed by atoms with Crippen LogP contribution in [0.15, 0.2) is 29.2 Å². The average molecular weight is 521 g/mol. The minimum Gasteiger partial charge on any atom is -0.489 e. The van der Waals surface area contributed by atoms with Crippen LogP contribution in [0.2, 0.25) is 18.1 Å². The van der Waals surface area contributed by atoms with E-state index in [0.717, 1.165) is 12.3 Å². The Morgan fingerprint density at radius 2 is 1.94 bits per heavy atom. The van der Waals surface area contributed by atoms with Gasteiger partial charge in [-0.15, -0.1) is 0 Å². The maximum Gasteiger partial charge on any atom is 0.193 e. The summed E-state index contributed by atoms with van der Waals surface area (Å²) >= 11 is 0. The Labute approximate surface area is 206 Å². The van der Waals surface area contributed by atoms with Gasteiger partial charge in [0, 0.05) is 30.0 Å². The molecule has 2 aliphatic rings. The largest absolute Gasteiger partial charge is 0.489 e. The van der Waals surface area contributed by atoms with E-state index in [0.29, 0.717) is 29.0 Å². The summed E-state index contributed by atoms with van der Waals surface area (Å²) in [7, 11) is -6.13. The molecule has 0 spiro atoms. The number of fused-ring (bicyclic) bond motifs is 2. The number of sulfone groups is 1. The molecule has 0 fully saturated rings. The summed E-state index contributed by atoms with van der Waals surface area (Å²) in [4.78, 5) is 1.84. The van der Waals surface area contributed by atoms with E-state index in [9.17, 15) is 18.1 Å². The predicted octanol–water partition coefficient (Wildman–Crippen LogP) is 5.59. The Kier molecular flexibility index (Phi) is 6.27. The van der Waals surface area contributed by atoms with Crippen molar-refractivity contribution in [3.8, 4) is 11.8 Å². The van der Waals surface area contributed by atoms with E-state index in [1.165, 1.54) is 12.1 Å². The fourth-order valence-electron chi connectivity index (χ4n) is 4.49. The third-order valence-electron chi connectivity index (χ3n) is 7.23. The van der Waals surface area contributed by atoms with Crippen LogP contribution in [-0.2, 0) is 20.7 Å². The second kappa shape index (κ2) is 8.57. The average Bonchev–Trinajstić information content (AvgIpc) is 3.05. The normalized spacial score (nSPS) is 20.1. The van der Waals surface area contributed by atoms with Gasteiger partial charge in [0.1, 0.15) is 42.2 Å². The summed E-state index contributed by atoms with van der Waals surface area (Å²) in [6.45, 7) is 10.7. The Balaban J connectivity index is 1.93. The van der Waals surface area contributed by atoms with Gasteiger partial charge in [0.15, 0.2) is 18.2 Å². The molecule has 10 heteroatoms. The molecule has 4 rings (SSSR count). The molecule has 188 valence electrons. The van der Waals surface area contributed by atoms with Crippen LogP contribution in [-0.4, -0.2) is 42.3 Å². The number of hydrogen-bond donors (Lipinski definition) is 0. The van der Waals surface area contributed by atoms with Crippen molar-refractivity contribution >= 4 is 29.5 Å². The van der Waals surface area contributed by atoms with Crippen LogP contribution >= 0.6 is 0 Å². The van der Waals surface area contributed by atoms with Gasteiger partial charge in [-0.1, -0.05) is 20.8 Å². The van der Waals surface area contributed by atoms with Gasteiger partial charge in [0.25, 0.3) is 0 Å². The van der Waals surface area contributed by atoms with Gasteiger partial charge >= 0.3 is 0 Å². The molecule has 0 unspecified atom stereocenters. The van der Waals surface area contributed by atoms with E-state index in [4.69, 9.17) is 9.16 Å². The molecule has 0 amide bonds. The molecule has 1 aliphatic carbocycles. The first-order valence-electron chi connectivity index (χ1n) is 11.5. The predicted molar refractivity (Wildman–Crippen MR) is 133 cm³/mol. The van der Waals surface area contributed by atoms with Gasteiger partial charge in [-0.25, -0.2) is 17.2 Å². The molecule has 0 N–H and O–H groups in total. The number of nitrogens with zero attached hydrogens (tertiary/aromatic N) is 2. The maximum atomic E-state index is 15.7. The zero-order valence-corrected chi connectivity index (χ0v) is 22.6. The van der Waals surface area contributed by atoms with Gasteiger partial charge in [-0.2, -0.15) is 5.26 Å². The molecule has 1 heterocycles. The first kappa shape index (κ1) is 25.6. The van der Waals surface area contributed by atoms with E-state index < -0.39 is 36.2 Å². The molecule has 6 nitrogen and oxygen atoms in total. The Morgan fingerprint density at radius 3 is 2.54 bits per heavy atom. The number of alkyl halides is 1. The molecule has 2 aromatic rings. The summed E-state index contributed by atoms with van der Waals surface area (Å²) in [5, 5.41) is 9.46. The molecule has 0 radical (unpaired) electrons. The second-order valence-electron chi connectivity index (χ2n) is 10.7. The minimum atomic E-state index is -3.68. The number of rotatable bonds is 4. The highest BCUT2D eigenvalue weighted by Gasteiger charge is 2.46. The summed E-state index contributed by atoms with van der Waals surface area (Å²) in [6, 6.07) is 7.48. The maximum absolute atomic E-state index is 15.7. The van der Waals surface area contributed by atoms with E-state index >= 15 is 4.39 Å². The first-order chi connectivity index (χ1) is 16.2. The first-order valence-corrected chi connectivity index (χ1v) is 16.3. The third kappa shape index (κ3) is 4.45. The molecule has 0 saturated carbocycles. The fourth-order valence-corrected chi connectivity index (χ4v) is 6.70. The SMILES string of the molecule is CC(C)(C)[Si](C)(C)O[C@H]1c2c(S(C)(=O)=O)ccc(N3CCOc4cc(F)cc(C#N)c43)c2C[C@H]1F. The van der Waals surface area contributed by atoms with Crippen molar-refractivity contribution in [1.29, 1.82) is 5.26 Å². The van der Waals surface area contributed by atoms with E-state index in [1.807, 2.05) is 39.9 Å². The molecule has 0 aromatic heterocycles. The molecule has 0 saturated heterocycles. The molecule has 2 aromatic carbocycles. The lowest BCUT2D eigenvalue weighted by Gasteiger charge is -2.39. The zero-order valence-electron chi connectivity index (χ0n) is 20.8. The topological polar surface area (TPSA) is 79.6 Å². The number of anilines is 2. The van der Waals surface area contributed by atoms with Crippen molar-refractivity contribution in [3.63, 3.8) is 0 Å². The van der Waals surface area contributed by atoms with Crippen LogP contribution < -0.4 is 9.64 Å². The monoisotopic (exact) mass is 520 g/mol. The molecule has 35 heavy (non-hydrogen) atoms. The molecular formula is C25H30F2N2O4SSi. The number of hydrogen-bond acceptors (Lipinski definition) is 6. The summed E-state index contributed by atoms with van der Waals surface area (Å²) in [6.07, 6.45) is -1.36. The van der Waals surface area contributed by atoms with Crippen LogP contribution in [0.5, 0.6) is 5.75 Å². The van der Waals surface area contributed by atoms with Crippen molar-refractivity contribution in [2.75, 3.05) is 24.3 Å². The van der Waals surface area contributed by atoms with Gasteiger partial charge < -0.3 is 14.1 Å².